The standard InChI is InChI=1S/C37H33N5O9/c1-18-11-28(44)23-14-26-22(32(33(23)34(18)45)20-12-19-13-21(43)5-6-29(19)51-17-20)7-10-41-36(47)40(37(48)42(26)41)9-8-24-35(46)39(2)27-16-31(50-4)30(49-3)15-25(27)38-24/h5-7,11,13,15-17,26,32,43H,8-10,12,14H2,1-4H3/t26-,32+/m1/s1. The van der Waals surface area contributed by atoms with E-state index >= 15 is 0 Å². The SMILES string of the molecule is COc1cc2nc(CCn3c(=O)n4n(c3=O)[C@@H]3CC5=C(C(=O)C(C)=CC5=O)[C@@H](C5=COc6ccc(O)cc6C5)C3=CC4)c(=O)n(C)c2cc1OC. The zero-order valence-electron chi connectivity index (χ0n) is 28.3. The highest BCUT2D eigenvalue weighted by Crippen LogP contribution is 2.49. The van der Waals surface area contributed by atoms with Crippen LogP contribution in [0.4, 0.5) is 0 Å². The van der Waals surface area contributed by atoms with E-state index in [0.29, 0.717) is 62.6 Å². The molecule has 2 atom stereocenters. The lowest BCUT2D eigenvalue weighted by molar-refractivity contribution is -0.116. The van der Waals surface area contributed by atoms with Crippen LogP contribution in [-0.2, 0) is 42.6 Å². The molecule has 0 saturated carbocycles. The Bertz CT molecular complexity index is 2560. The summed E-state index contributed by atoms with van der Waals surface area (Å²) >= 11 is 0. The molecule has 0 spiro atoms. The van der Waals surface area contributed by atoms with Crippen molar-refractivity contribution in [1.82, 2.24) is 23.5 Å². The molecular weight excluding hydrogens is 658 g/mol. The molecule has 8 rings (SSSR count). The Morgan fingerprint density at radius 1 is 1.02 bits per heavy atom. The minimum atomic E-state index is -0.743. The number of Topliss-reactive ketones (excluding diaryl/α,β-unsaturated/α-hetero) is 1. The summed E-state index contributed by atoms with van der Waals surface area (Å²) in [4.78, 5) is 73.1. The Kier molecular flexibility index (Phi) is 7.36. The van der Waals surface area contributed by atoms with Gasteiger partial charge in [0.15, 0.2) is 23.1 Å². The Labute approximate surface area is 289 Å². The molecule has 51 heavy (non-hydrogen) atoms. The van der Waals surface area contributed by atoms with Crippen LogP contribution in [0.3, 0.4) is 0 Å². The second kappa shape index (κ2) is 11.7. The lowest BCUT2D eigenvalue weighted by atomic mass is 9.67. The lowest BCUT2D eigenvalue weighted by Crippen LogP contribution is -2.42. The van der Waals surface area contributed by atoms with Crippen molar-refractivity contribution in [3.05, 3.63) is 119 Å². The molecule has 2 aliphatic heterocycles. The largest absolute Gasteiger partial charge is 0.508 e. The number of aromatic hydroxyl groups is 1. The number of carbonyl (C=O) groups is 2. The summed E-state index contributed by atoms with van der Waals surface area (Å²) in [5, 5.41) is 10.2. The number of phenols is 1. The number of hydrogen-bond acceptors (Lipinski definition) is 10. The van der Waals surface area contributed by atoms with Crippen molar-refractivity contribution in [2.75, 3.05) is 14.2 Å². The topological polar surface area (TPSA) is 166 Å². The highest BCUT2D eigenvalue weighted by atomic mass is 16.5. The molecule has 0 saturated heterocycles. The smallest absolute Gasteiger partial charge is 0.347 e. The third kappa shape index (κ3) is 4.84. The molecule has 1 N–H and O–H groups in total. The molecular formula is C37H33N5O9. The number of aromatic nitrogens is 5. The van der Waals surface area contributed by atoms with E-state index in [1.807, 2.05) is 6.08 Å². The molecule has 0 amide bonds. The number of allylic oxidation sites excluding steroid dienone is 7. The summed E-state index contributed by atoms with van der Waals surface area (Å²) in [5.41, 5.74) is 2.66. The Hall–Kier alpha value is -6.18. The molecule has 0 bridgehead atoms. The van der Waals surface area contributed by atoms with Crippen LogP contribution in [0, 0.1) is 5.92 Å². The quantitative estimate of drug-likeness (QED) is 0.235. The zero-order valence-corrected chi connectivity index (χ0v) is 28.3. The summed E-state index contributed by atoms with van der Waals surface area (Å²) in [6, 6.07) is 7.36. The third-order valence-corrected chi connectivity index (χ3v) is 10.3. The Morgan fingerprint density at radius 3 is 2.55 bits per heavy atom. The van der Waals surface area contributed by atoms with Crippen LogP contribution < -0.4 is 31.1 Å². The maximum atomic E-state index is 14.2. The zero-order chi connectivity index (χ0) is 35.9. The van der Waals surface area contributed by atoms with Crippen molar-refractivity contribution in [2.45, 2.75) is 45.3 Å². The molecule has 4 aromatic rings. The van der Waals surface area contributed by atoms with E-state index in [1.54, 1.807) is 44.5 Å². The number of benzene rings is 2. The van der Waals surface area contributed by atoms with Crippen LogP contribution in [0.1, 0.15) is 30.6 Å². The molecule has 14 heteroatoms. The number of ether oxygens (including phenoxy) is 3. The van der Waals surface area contributed by atoms with Gasteiger partial charge in [0.1, 0.15) is 17.2 Å². The highest BCUT2D eigenvalue weighted by Gasteiger charge is 2.46. The normalized spacial score (nSPS) is 19.3. The first-order chi connectivity index (χ1) is 24.5. The van der Waals surface area contributed by atoms with E-state index in [0.717, 1.165) is 4.57 Å². The predicted molar refractivity (Wildman–Crippen MR) is 183 cm³/mol. The van der Waals surface area contributed by atoms with Gasteiger partial charge in [-0.1, -0.05) is 6.08 Å². The van der Waals surface area contributed by atoms with Crippen molar-refractivity contribution in [3.8, 4) is 23.0 Å². The van der Waals surface area contributed by atoms with Crippen LogP contribution in [0.2, 0.25) is 0 Å². The van der Waals surface area contributed by atoms with E-state index in [9.17, 15) is 29.1 Å². The van der Waals surface area contributed by atoms with Crippen molar-refractivity contribution < 1.29 is 28.9 Å². The molecule has 2 aliphatic carbocycles. The van der Waals surface area contributed by atoms with Gasteiger partial charge in [-0.3, -0.25) is 14.4 Å². The van der Waals surface area contributed by atoms with E-state index in [1.165, 1.54) is 40.3 Å². The number of phenolic OH excluding ortho intramolecular Hbond substituents is 1. The third-order valence-electron chi connectivity index (χ3n) is 10.3. The Balaban J connectivity index is 1.18. The van der Waals surface area contributed by atoms with Crippen molar-refractivity contribution in [2.24, 2.45) is 13.0 Å². The second-order valence-electron chi connectivity index (χ2n) is 13.1. The second-order valence-corrected chi connectivity index (χ2v) is 13.1. The summed E-state index contributed by atoms with van der Waals surface area (Å²) in [6.45, 7) is 1.53. The predicted octanol–water partition coefficient (Wildman–Crippen LogP) is 2.44. The Morgan fingerprint density at radius 2 is 1.78 bits per heavy atom. The van der Waals surface area contributed by atoms with Gasteiger partial charge in [0.2, 0.25) is 0 Å². The number of nitrogens with zero attached hydrogens (tertiary/aromatic N) is 5. The van der Waals surface area contributed by atoms with Gasteiger partial charge in [-0.2, -0.15) is 0 Å². The number of aryl methyl sites for hydroxylation is 2. The fourth-order valence-corrected chi connectivity index (χ4v) is 7.77. The number of methoxy groups -OCH3 is 2. The van der Waals surface area contributed by atoms with Gasteiger partial charge in [-0.15, -0.1) is 0 Å². The van der Waals surface area contributed by atoms with Crippen LogP contribution in [0.5, 0.6) is 23.0 Å². The fraction of sp³-hybridized carbons (Fsp3) is 0.297. The number of rotatable bonds is 6. The van der Waals surface area contributed by atoms with E-state index in [2.05, 4.69) is 4.98 Å². The monoisotopic (exact) mass is 691 g/mol. The van der Waals surface area contributed by atoms with E-state index < -0.39 is 23.3 Å². The molecule has 0 unspecified atom stereocenters. The van der Waals surface area contributed by atoms with Crippen LogP contribution in [0.15, 0.2) is 91.0 Å². The minimum Gasteiger partial charge on any atom is -0.508 e. The van der Waals surface area contributed by atoms with Crippen molar-refractivity contribution in [3.63, 3.8) is 0 Å². The van der Waals surface area contributed by atoms with Crippen LogP contribution >= 0.6 is 0 Å². The minimum absolute atomic E-state index is 0.00741. The van der Waals surface area contributed by atoms with E-state index in [-0.39, 0.29) is 60.1 Å². The summed E-state index contributed by atoms with van der Waals surface area (Å²) in [6.07, 6.45) is 5.09. The van der Waals surface area contributed by atoms with Gasteiger partial charge in [0, 0.05) is 73.2 Å². The maximum Gasteiger partial charge on any atom is 0.347 e. The summed E-state index contributed by atoms with van der Waals surface area (Å²) in [7, 11) is 4.60. The first-order valence-electron chi connectivity index (χ1n) is 16.4. The summed E-state index contributed by atoms with van der Waals surface area (Å²) < 4.78 is 21.9. The molecule has 260 valence electrons. The first kappa shape index (κ1) is 32.0. The molecule has 4 aliphatic rings. The van der Waals surface area contributed by atoms with Gasteiger partial charge < -0.3 is 23.9 Å². The fourth-order valence-electron chi connectivity index (χ4n) is 7.77. The molecule has 2 aromatic carbocycles. The molecule has 14 nitrogen and oxygen atoms in total. The molecule has 0 fully saturated rings. The lowest BCUT2D eigenvalue weighted by Gasteiger charge is -2.40. The van der Waals surface area contributed by atoms with Crippen LogP contribution in [0.25, 0.3) is 11.0 Å². The van der Waals surface area contributed by atoms with Crippen molar-refractivity contribution >= 4 is 22.6 Å². The number of hydrogen-bond donors (Lipinski definition) is 1. The van der Waals surface area contributed by atoms with Gasteiger partial charge in [-0.05, 0) is 42.3 Å². The number of ketones is 2. The van der Waals surface area contributed by atoms with Gasteiger partial charge in [-0.25, -0.2) is 28.5 Å². The van der Waals surface area contributed by atoms with E-state index in [4.69, 9.17) is 14.2 Å². The van der Waals surface area contributed by atoms with Gasteiger partial charge in [0.25, 0.3) is 5.56 Å². The molecule has 2 aromatic heterocycles. The van der Waals surface area contributed by atoms with Gasteiger partial charge >= 0.3 is 11.4 Å². The number of fused-ring (bicyclic) bond motifs is 5. The number of carbonyl (C=O) groups excluding carboxylic acids is 2. The molecule has 4 heterocycles. The summed E-state index contributed by atoms with van der Waals surface area (Å²) in [5.74, 6) is 0.226. The molecule has 0 radical (unpaired) electrons. The van der Waals surface area contributed by atoms with Crippen molar-refractivity contribution in [1.29, 1.82) is 0 Å². The average Bonchev–Trinajstić information content (AvgIpc) is 3.37. The van der Waals surface area contributed by atoms with Gasteiger partial charge in [0.05, 0.1) is 44.1 Å². The first-order valence-corrected chi connectivity index (χ1v) is 16.4. The van der Waals surface area contributed by atoms with Crippen LogP contribution in [-0.4, -0.2) is 54.4 Å². The average molecular weight is 692 g/mol. The maximum absolute atomic E-state index is 14.2. The highest BCUT2D eigenvalue weighted by molar-refractivity contribution is 6.23.